The smallest absolute Gasteiger partial charge is 0.333 e. The van der Waals surface area contributed by atoms with Crippen LogP contribution >= 0.6 is 0 Å². The first-order chi connectivity index (χ1) is 10.8. The second-order valence-corrected chi connectivity index (χ2v) is 5.46. The van der Waals surface area contributed by atoms with Crippen LogP contribution in [-0.4, -0.2) is 49.6 Å². The summed E-state index contributed by atoms with van der Waals surface area (Å²) >= 11 is 0. The minimum atomic E-state index is -0.449. The molecule has 0 aliphatic heterocycles. The van der Waals surface area contributed by atoms with Crippen LogP contribution in [0.3, 0.4) is 0 Å². The standard InChI is InChI=1S/C17H27NO5/c1-13(2)16(20)22-11-8-6-7-9-15(19)18(5)10-12-23-17(21)14(3)4/h1,3,6-12H2,2,4-5H3. The number of rotatable bonds is 11. The Kier molecular flexibility index (Phi) is 10.4. The topological polar surface area (TPSA) is 72.9 Å². The van der Waals surface area contributed by atoms with Gasteiger partial charge in [0.05, 0.1) is 13.2 Å². The number of hydrogen-bond donors (Lipinski definition) is 0. The van der Waals surface area contributed by atoms with Crippen molar-refractivity contribution in [2.24, 2.45) is 0 Å². The normalized spacial score (nSPS) is 9.87. The number of hydrogen-bond acceptors (Lipinski definition) is 5. The zero-order valence-electron chi connectivity index (χ0n) is 14.4. The summed E-state index contributed by atoms with van der Waals surface area (Å²) in [5.74, 6) is -0.837. The zero-order valence-corrected chi connectivity index (χ0v) is 14.4. The van der Waals surface area contributed by atoms with Gasteiger partial charge < -0.3 is 14.4 Å². The molecule has 0 saturated carbocycles. The van der Waals surface area contributed by atoms with Gasteiger partial charge in [-0.3, -0.25) is 4.79 Å². The number of unbranched alkanes of at least 4 members (excludes halogenated alkanes) is 2. The van der Waals surface area contributed by atoms with Crippen molar-refractivity contribution in [2.75, 3.05) is 26.8 Å². The van der Waals surface area contributed by atoms with Gasteiger partial charge in [0.25, 0.3) is 0 Å². The lowest BCUT2D eigenvalue weighted by molar-refractivity contribution is -0.141. The Morgan fingerprint density at radius 3 is 1.91 bits per heavy atom. The van der Waals surface area contributed by atoms with E-state index >= 15 is 0 Å². The van der Waals surface area contributed by atoms with Gasteiger partial charge in [0.1, 0.15) is 6.61 Å². The Morgan fingerprint density at radius 1 is 0.870 bits per heavy atom. The molecule has 0 aromatic heterocycles. The number of carbonyl (C=O) groups excluding carboxylic acids is 3. The van der Waals surface area contributed by atoms with Crippen molar-refractivity contribution in [3.05, 3.63) is 24.3 Å². The molecule has 0 saturated heterocycles. The predicted octanol–water partition coefficient (Wildman–Crippen LogP) is 2.24. The predicted molar refractivity (Wildman–Crippen MR) is 87.7 cm³/mol. The SMILES string of the molecule is C=C(C)C(=O)OCCCCCC(=O)N(C)CCOC(=O)C(=C)C. The lowest BCUT2D eigenvalue weighted by Gasteiger charge is -2.17. The summed E-state index contributed by atoms with van der Waals surface area (Å²) in [6.07, 6.45) is 2.65. The molecule has 0 atom stereocenters. The van der Waals surface area contributed by atoms with Gasteiger partial charge in [-0.2, -0.15) is 0 Å². The maximum atomic E-state index is 11.9. The van der Waals surface area contributed by atoms with E-state index in [1.54, 1.807) is 20.9 Å². The van der Waals surface area contributed by atoms with Crippen LogP contribution < -0.4 is 0 Å². The van der Waals surface area contributed by atoms with Crippen molar-refractivity contribution in [3.8, 4) is 0 Å². The molecular formula is C17H27NO5. The molecule has 6 heteroatoms. The van der Waals surface area contributed by atoms with Crippen LogP contribution in [0.15, 0.2) is 24.3 Å². The average molecular weight is 325 g/mol. The molecule has 0 aromatic carbocycles. The maximum Gasteiger partial charge on any atom is 0.333 e. The van der Waals surface area contributed by atoms with Crippen molar-refractivity contribution >= 4 is 17.8 Å². The first-order valence-corrected chi connectivity index (χ1v) is 7.65. The van der Waals surface area contributed by atoms with Crippen molar-refractivity contribution in [1.82, 2.24) is 4.90 Å². The summed E-state index contributed by atoms with van der Waals surface area (Å²) in [5, 5.41) is 0. The fourth-order valence-electron chi connectivity index (χ4n) is 1.56. The third-order valence-corrected chi connectivity index (χ3v) is 3.05. The second kappa shape index (κ2) is 11.5. The van der Waals surface area contributed by atoms with Crippen LogP contribution in [0.25, 0.3) is 0 Å². The quantitative estimate of drug-likeness (QED) is 0.331. The molecule has 0 radical (unpaired) electrons. The van der Waals surface area contributed by atoms with Crippen LogP contribution in [-0.2, 0) is 23.9 Å². The molecule has 130 valence electrons. The largest absolute Gasteiger partial charge is 0.462 e. The van der Waals surface area contributed by atoms with Gasteiger partial charge in [-0.1, -0.05) is 13.2 Å². The van der Waals surface area contributed by atoms with E-state index in [0.29, 0.717) is 37.1 Å². The highest BCUT2D eigenvalue weighted by Gasteiger charge is 2.10. The summed E-state index contributed by atoms with van der Waals surface area (Å²) < 4.78 is 9.90. The van der Waals surface area contributed by atoms with E-state index in [2.05, 4.69) is 13.2 Å². The number of esters is 2. The van der Waals surface area contributed by atoms with Crippen LogP contribution in [0, 0.1) is 0 Å². The van der Waals surface area contributed by atoms with E-state index in [9.17, 15) is 14.4 Å². The summed E-state index contributed by atoms with van der Waals surface area (Å²) in [7, 11) is 1.67. The fraction of sp³-hybridized carbons (Fsp3) is 0.588. The summed E-state index contributed by atoms with van der Waals surface area (Å²) in [5.41, 5.74) is 0.723. The van der Waals surface area contributed by atoms with E-state index in [4.69, 9.17) is 9.47 Å². The maximum absolute atomic E-state index is 11.9. The van der Waals surface area contributed by atoms with E-state index in [-0.39, 0.29) is 18.5 Å². The Bertz CT molecular complexity index is 456. The van der Waals surface area contributed by atoms with E-state index in [1.807, 2.05) is 0 Å². The van der Waals surface area contributed by atoms with Crippen molar-refractivity contribution in [2.45, 2.75) is 39.5 Å². The third-order valence-electron chi connectivity index (χ3n) is 3.05. The highest BCUT2D eigenvalue weighted by molar-refractivity contribution is 5.87. The molecule has 0 bridgehead atoms. The van der Waals surface area contributed by atoms with Gasteiger partial charge in [-0.25, -0.2) is 9.59 Å². The van der Waals surface area contributed by atoms with Crippen molar-refractivity contribution in [3.63, 3.8) is 0 Å². The Hall–Kier alpha value is -2.11. The van der Waals surface area contributed by atoms with Gasteiger partial charge >= 0.3 is 11.9 Å². The lowest BCUT2D eigenvalue weighted by atomic mass is 10.2. The fourth-order valence-corrected chi connectivity index (χ4v) is 1.56. The molecule has 0 spiro atoms. The minimum Gasteiger partial charge on any atom is -0.462 e. The molecule has 0 aliphatic rings. The molecule has 0 heterocycles. The Morgan fingerprint density at radius 2 is 1.39 bits per heavy atom. The first kappa shape index (κ1) is 20.9. The monoisotopic (exact) mass is 325 g/mol. The number of carbonyl (C=O) groups is 3. The summed E-state index contributed by atoms with van der Waals surface area (Å²) in [4.78, 5) is 35.7. The highest BCUT2D eigenvalue weighted by Crippen LogP contribution is 2.04. The summed E-state index contributed by atoms with van der Waals surface area (Å²) in [6, 6.07) is 0. The van der Waals surface area contributed by atoms with Gasteiger partial charge in [0.2, 0.25) is 5.91 Å². The number of likely N-dealkylation sites (N-methyl/N-ethyl adjacent to an activating group) is 1. The van der Waals surface area contributed by atoms with E-state index < -0.39 is 5.97 Å². The second-order valence-electron chi connectivity index (χ2n) is 5.46. The molecular weight excluding hydrogens is 298 g/mol. The minimum absolute atomic E-state index is 0.00435. The number of amides is 1. The lowest BCUT2D eigenvalue weighted by Crippen LogP contribution is -2.30. The van der Waals surface area contributed by atoms with Crippen LogP contribution in [0.5, 0.6) is 0 Å². The van der Waals surface area contributed by atoms with Gasteiger partial charge in [-0.05, 0) is 33.1 Å². The molecule has 0 fully saturated rings. The molecule has 0 aliphatic carbocycles. The highest BCUT2D eigenvalue weighted by atomic mass is 16.5. The van der Waals surface area contributed by atoms with Gasteiger partial charge in [0.15, 0.2) is 0 Å². The van der Waals surface area contributed by atoms with Crippen molar-refractivity contribution < 1.29 is 23.9 Å². The third kappa shape index (κ3) is 10.3. The van der Waals surface area contributed by atoms with Crippen molar-refractivity contribution in [1.29, 1.82) is 0 Å². The number of nitrogens with zero attached hydrogens (tertiary/aromatic N) is 1. The Labute approximate surface area is 138 Å². The first-order valence-electron chi connectivity index (χ1n) is 7.65. The van der Waals surface area contributed by atoms with Gasteiger partial charge in [-0.15, -0.1) is 0 Å². The molecule has 23 heavy (non-hydrogen) atoms. The van der Waals surface area contributed by atoms with Crippen LogP contribution in [0.2, 0.25) is 0 Å². The molecule has 1 amide bonds. The summed E-state index contributed by atoms with van der Waals surface area (Å²) in [6.45, 7) is 11.0. The number of ether oxygens (including phenoxy) is 2. The van der Waals surface area contributed by atoms with E-state index in [0.717, 1.165) is 12.8 Å². The molecule has 0 N–H and O–H groups in total. The van der Waals surface area contributed by atoms with Gasteiger partial charge in [0, 0.05) is 24.6 Å². The van der Waals surface area contributed by atoms with E-state index in [1.165, 1.54) is 4.90 Å². The Balaban J connectivity index is 3.69. The molecule has 0 aromatic rings. The zero-order chi connectivity index (χ0) is 17.8. The van der Waals surface area contributed by atoms with Crippen LogP contribution in [0.4, 0.5) is 0 Å². The molecule has 0 rings (SSSR count). The van der Waals surface area contributed by atoms with Crippen LogP contribution in [0.1, 0.15) is 39.5 Å². The molecule has 6 nitrogen and oxygen atoms in total. The average Bonchev–Trinajstić information content (AvgIpc) is 2.49. The molecule has 0 unspecified atom stereocenters.